The first-order chi connectivity index (χ1) is 13.9. The van der Waals surface area contributed by atoms with Crippen LogP contribution in [-0.4, -0.2) is 32.3 Å². The highest BCUT2D eigenvalue weighted by atomic mass is 32.1. The maximum Gasteiger partial charge on any atom is 0.264 e. The van der Waals surface area contributed by atoms with E-state index in [1.54, 1.807) is 19.1 Å². The van der Waals surface area contributed by atoms with Crippen LogP contribution in [0.4, 0.5) is 9.52 Å². The number of carbonyl (C=O) groups is 1. The van der Waals surface area contributed by atoms with Crippen LogP contribution in [0.3, 0.4) is 0 Å². The van der Waals surface area contributed by atoms with Crippen LogP contribution in [0.5, 0.6) is 5.75 Å². The van der Waals surface area contributed by atoms with Gasteiger partial charge in [0, 0.05) is 5.56 Å². The van der Waals surface area contributed by atoms with Crippen LogP contribution in [-0.2, 0) is 4.79 Å². The van der Waals surface area contributed by atoms with Crippen molar-refractivity contribution in [1.82, 2.24) is 19.8 Å². The Labute approximate surface area is 170 Å². The Morgan fingerprint density at radius 3 is 2.66 bits per heavy atom. The van der Waals surface area contributed by atoms with Gasteiger partial charge in [-0.2, -0.15) is 4.52 Å². The molecule has 0 unspecified atom stereocenters. The first-order valence-electron chi connectivity index (χ1n) is 8.89. The number of nitrogens with zero attached hydrogens (tertiary/aromatic N) is 4. The topological polar surface area (TPSA) is 81.4 Å². The second kappa shape index (κ2) is 7.59. The smallest absolute Gasteiger partial charge is 0.264 e. The molecule has 0 aliphatic carbocycles. The van der Waals surface area contributed by atoms with Gasteiger partial charge in [0.05, 0.1) is 0 Å². The second-order valence-corrected chi connectivity index (χ2v) is 7.63. The Balaban J connectivity index is 1.47. The van der Waals surface area contributed by atoms with E-state index in [4.69, 9.17) is 4.74 Å². The van der Waals surface area contributed by atoms with Crippen molar-refractivity contribution < 1.29 is 13.9 Å². The molecule has 0 aliphatic heterocycles. The molecule has 0 aliphatic rings. The number of anilines is 1. The largest absolute Gasteiger partial charge is 0.484 e. The highest BCUT2D eigenvalue weighted by Gasteiger charge is 2.16. The number of benzene rings is 2. The van der Waals surface area contributed by atoms with Crippen molar-refractivity contribution in [2.24, 2.45) is 0 Å². The molecule has 4 aromatic rings. The summed E-state index contributed by atoms with van der Waals surface area (Å²) in [7, 11) is 0. The lowest BCUT2D eigenvalue weighted by Gasteiger charge is -2.07. The molecule has 1 amide bonds. The van der Waals surface area contributed by atoms with Gasteiger partial charge in [0.1, 0.15) is 11.6 Å². The van der Waals surface area contributed by atoms with Crippen molar-refractivity contribution >= 4 is 27.3 Å². The number of halogens is 1. The summed E-state index contributed by atoms with van der Waals surface area (Å²) in [5.74, 6) is 0.370. The van der Waals surface area contributed by atoms with Crippen molar-refractivity contribution in [3.05, 3.63) is 58.9 Å². The number of hydrogen-bond donors (Lipinski definition) is 1. The van der Waals surface area contributed by atoms with Crippen LogP contribution in [0.1, 0.15) is 16.7 Å². The van der Waals surface area contributed by atoms with Crippen molar-refractivity contribution in [2.45, 2.75) is 20.8 Å². The molecule has 0 saturated heterocycles. The van der Waals surface area contributed by atoms with Crippen LogP contribution in [0.25, 0.3) is 16.3 Å². The lowest BCUT2D eigenvalue weighted by atomic mass is 10.1. The minimum absolute atomic E-state index is 0.140. The Kier molecular flexibility index (Phi) is 4.98. The van der Waals surface area contributed by atoms with Crippen LogP contribution in [0.2, 0.25) is 0 Å². The summed E-state index contributed by atoms with van der Waals surface area (Å²) in [6.45, 7) is 5.55. The van der Waals surface area contributed by atoms with E-state index in [-0.39, 0.29) is 18.3 Å². The molecule has 0 radical (unpaired) electrons. The van der Waals surface area contributed by atoms with Gasteiger partial charge in [-0.3, -0.25) is 10.1 Å². The summed E-state index contributed by atoms with van der Waals surface area (Å²) >= 11 is 1.17. The minimum atomic E-state index is -0.337. The van der Waals surface area contributed by atoms with E-state index in [1.807, 2.05) is 32.0 Å². The Morgan fingerprint density at radius 1 is 1.10 bits per heavy atom. The van der Waals surface area contributed by atoms with Crippen molar-refractivity contribution in [3.63, 3.8) is 0 Å². The first-order valence-corrected chi connectivity index (χ1v) is 9.71. The summed E-state index contributed by atoms with van der Waals surface area (Å²) in [5, 5.41) is 15.5. The maximum atomic E-state index is 13.9. The highest BCUT2D eigenvalue weighted by molar-refractivity contribution is 7.20. The molecule has 2 aromatic heterocycles. The summed E-state index contributed by atoms with van der Waals surface area (Å²) < 4.78 is 20.9. The number of aromatic nitrogens is 4. The Morgan fingerprint density at radius 2 is 1.90 bits per heavy atom. The SMILES string of the molecule is Cc1ccc(OCC(=O)Nc2nn3c(-c4ccc(C)c(F)c4)nnc3s2)cc1C. The number of ether oxygens (including phenoxy) is 1. The molecule has 2 heterocycles. The highest BCUT2D eigenvalue weighted by Crippen LogP contribution is 2.25. The molecule has 148 valence electrons. The average molecular weight is 411 g/mol. The predicted molar refractivity (Wildman–Crippen MR) is 109 cm³/mol. The first kappa shape index (κ1) is 19.0. The third-order valence-electron chi connectivity index (χ3n) is 4.52. The number of carbonyl (C=O) groups excluding carboxylic acids is 1. The number of rotatable bonds is 5. The van der Waals surface area contributed by atoms with Gasteiger partial charge in [-0.1, -0.05) is 29.5 Å². The lowest BCUT2D eigenvalue weighted by Crippen LogP contribution is -2.20. The number of nitrogens with one attached hydrogen (secondary N) is 1. The van der Waals surface area contributed by atoms with E-state index >= 15 is 0 Å². The van der Waals surface area contributed by atoms with Gasteiger partial charge in [-0.25, -0.2) is 4.39 Å². The molecule has 9 heteroatoms. The van der Waals surface area contributed by atoms with Crippen LogP contribution in [0.15, 0.2) is 36.4 Å². The van der Waals surface area contributed by atoms with Crippen molar-refractivity contribution in [2.75, 3.05) is 11.9 Å². The quantitative estimate of drug-likeness (QED) is 0.538. The molecule has 0 bridgehead atoms. The second-order valence-electron chi connectivity index (χ2n) is 6.67. The molecule has 29 heavy (non-hydrogen) atoms. The molecule has 1 N–H and O–H groups in total. The lowest BCUT2D eigenvalue weighted by molar-refractivity contribution is -0.118. The fourth-order valence-electron chi connectivity index (χ4n) is 2.69. The molecule has 0 saturated carbocycles. The molecule has 0 atom stereocenters. The van der Waals surface area contributed by atoms with E-state index in [0.717, 1.165) is 11.1 Å². The van der Waals surface area contributed by atoms with Gasteiger partial charge in [0.2, 0.25) is 10.1 Å². The standard InChI is InChI=1S/C20H18FN5O2S/c1-11-5-7-15(8-13(11)3)28-10-17(27)22-19-25-26-18(23-24-20(26)29-19)14-6-4-12(2)16(21)9-14/h4-9H,10H2,1-3H3,(H,22,25,27). The Bertz CT molecular complexity index is 1220. The summed E-state index contributed by atoms with van der Waals surface area (Å²) in [5.41, 5.74) is 3.36. The Hall–Kier alpha value is -3.33. The molecular weight excluding hydrogens is 393 g/mol. The van der Waals surface area contributed by atoms with Crippen LogP contribution in [0, 0.1) is 26.6 Å². The van der Waals surface area contributed by atoms with Gasteiger partial charge in [0.15, 0.2) is 12.4 Å². The van der Waals surface area contributed by atoms with E-state index < -0.39 is 0 Å². The summed E-state index contributed by atoms with van der Waals surface area (Å²) in [6.07, 6.45) is 0. The van der Waals surface area contributed by atoms with Crippen molar-refractivity contribution in [3.8, 4) is 17.1 Å². The zero-order valence-corrected chi connectivity index (χ0v) is 16.9. The van der Waals surface area contributed by atoms with E-state index in [0.29, 0.717) is 32.8 Å². The minimum Gasteiger partial charge on any atom is -0.484 e. The van der Waals surface area contributed by atoms with Crippen molar-refractivity contribution in [1.29, 1.82) is 0 Å². The monoisotopic (exact) mass is 411 g/mol. The van der Waals surface area contributed by atoms with E-state index in [9.17, 15) is 9.18 Å². The zero-order valence-electron chi connectivity index (χ0n) is 16.1. The van der Waals surface area contributed by atoms with Gasteiger partial charge in [-0.05, 0) is 55.7 Å². The fraction of sp³-hybridized carbons (Fsp3) is 0.200. The van der Waals surface area contributed by atoms with Gasteiger partial charge in [0.25, 0.3) is 5.91 Å². The predicted octanol–water partition coefficient (Wildman–Crippen LogP) is 3.93. The molecule has 0 fully saturated rings. The summed E-state index contributed by atoms with van der Waals surface area (Å²) in [6, 6.07) is 10.5. The maximum absolute atomic E-state index is 13.9. The average Bonchev–Trinajstić information content (AvgIpc) is 3.25. The zero-order chi connectivity index (χ0) is 20.5. The summed E-state index contributed by atoms with van der Waals surface area (Å²) in [4.78, 5) is 12.7. The van der Waals surface area contributed by atoms with Crippen LogP contribution >= 0.6 is 11.3 Å². The molecule has 0 spiro atoms. The number of amides is 1. The van der Waals surface area contributed by atoms with Gasteiger partial charge < -0.3 is 4.74 Å². The van der Waals surface area contributed by atoms with Crippen LogP contribution < -0.4 is 10.1 Å². The molecule has 2 aromatic carbocycles. The third-order valence-corrected chi connectivity index (χ3v) is 5.33. The molecule has 7 nitrogen and oxygen atoms in total. The molecular formula is C20H18FN5O2S. The number of fused-ring (bicyclic) bond motifs is 1. The fourth-order valence-corrected chi connectivity index (χ4v) is 3.44. The number of aryl methyl sites for hydroxylation is 3. The van der Waals surface area contributed by atoms with Gasteiger partial charge >= 0.3 is 0 Å². The number of hydrogen-bond acceptors (Lipinski definition) is 6. The third kappa shape index (κ3) is 3.95. The van der Waals surface area contributed by atoms with Gasteiger partial charge in [-0.15, -0.1) is 15.3 Å². The molecule has 4 rings (SSSR count). The van der Waals surface area contributed by atoms with E-state index in [2.05, 4.69) is 20.6 Å². The normalized spacial score (nSPS) is 11.0. The van der Waals surface area contributed by atoms with E-state index in [1.165, 1.54) is 21.9 Å².